The Morgan fingerprint density at radius 1 is 1.00 bits per heavy atom. The zero-order valence-corrected chi connectivity index (χ0v) is 16.8. The SMILES string of the molecule is COC(=O)c1ccccc1NC(=O)c1cc(Cl)cn(Cc2cccc(Cl)c2)c1=O. The molecule has 0 aliphatic heterocycles. The second kappa shape index (κ2) is 8.94. The molecule has 0 aliphatic carbocycles. The summed E-state index contributed by atoms with van der Waals surface area (Å²) in [5.41, 5.74) is 0.501. The first-order valence-corrected chi connectivity index (χ1v) is 9.27. The normalized spacial score (nSPS) is 10.4. The predicted octanol–water partition coefficient (Wildman–Crippen LogP) is 4.24. The monoisotopic (exact) mass is 430 g/mol. The van der Waals surface area contributed by atoms with Crippen LogP contribution in [-0.4, -0.2) is 23.6 Å². The number of hydrogen-bond acceptors (Lipinski definition) is 4. The van der Waals surface area contributed by atoms with Crippen molar-refractivity contribution in [3.8, 4) is 0 Å². The summed E-state index contributed by atoms with van der Waals surface area (Å²) < 4.78 is 6.04. The number of anilines is 1. The van der Waals surface area contributed by atoms with Gasteiger partial charge in [0, 0.05) is 11.2 Å². The van der Waals surface area contributed by atoms with E-state index in [2.05, 4.69) is 5.32 Å². The Kier molecular flexibility index (Phi) is 6.36. The third-order valence-corrected chi connectivity index (χ3v) is 4.56. The molecule has 3 aromatic rings. The molecule has 3 rings (SSSR count). The predicted molar refractivity (Wildman–Crippen MR) is 112 cm³/mol. The molecule has 2 aromatic carbocycles. The molecule has 0 radical (unpaired) electrons. The number of carbonyl (C=O) groups excluding carboxylic acids is 2. The Bertz CT molecular complexity index is 1140. The van der Waals surface area contributed by atoms with Gasteiger partial charge in [0.05, 0.1) is 29.9 Å². The number of rotatable bonds is 5. The van der Waals surface area contributed by atoms with Crippen LogP contribution in [0.4, 0.5) is 5.69 Å². The lowest BCUT2D eigenvalue weighted by atomic mass is 10.1. The molecule has 0 saturated carbocycles. The molecule has 0 bridgehead atoms. The van der Waals surface area contributed by atoms with Crippen LogP contribution < -0.4 is 10.9 Å². The summed E-state index contributed by atoms with van der Waals surface area (Å²) in [5, 5.41) is 3.33. The van der Waals surface area contributed by atoms with Gasteiger partial charge >= 0.3 is 5.97 Å². The van der Waals surface area contributed by atoms with Crippen molar-refractivity contribution in [1.82, 2.24) is 4.57 Å². The Balaban J connectivity index is 1.93. The van der Waals surface area contributed by atoms with Crippen molar-refractivity contribution < 1.29 is 14.3 Å². The van der Waals surface area contributed by atoms with Gasteiger partial charge in [0.25, 0.3) is 11.5 Å². The number of para-hydroxylation sites is 1. The quantitative estimate of drug-likeness (QED) is 0.613. The number of benzene rings is 2. The number of carbonyl (C=O) groups is 2. The standard InChI is InChI=1S/C21H16Cl2N2O4/c1-29-21(28)16-7-2-3-8-18(16)24-19(26)17-10-15(23)12-25(20(17)27)11-13-5-4-6-14(22)9-13/h2-10,12H,11H2,1H3,(H,24,26). The molecule has 6 nitrogen and oxygen atoms in total. The van der Waals surface area contributed by atoms with Crippen LogP contribution in [0.25, 0.3) is 0 Å². The number of amides is 1. The second-order valence-electron chi connectivity index (χ2n) is 6.13. The number of methoxy groups -OCH3 is 1. The second-order valence-corrected chi connectivity index (χ2v) is 7.00. The molecular formula is C21H16Cl2N2O4. The van der Waals surface area contributed by atoms with Crippen LogP contribution in [0.2, 0.25) is 10.0 Å². The summed E-state index contributed by atoms with van der Waals surface area (Å²) in [4.78, 5) is 37.5. The zero-order chi connectivity index (χ0) is 21.0. The molecule has 0 unspecified atom stereocenters. The molecular weight excluding hydrogens is 415 g/mol. The fourth-order valence-electron chi connectivity index (χ4n) is 2.78. The number of aromatic nitrogens is 1. The minimum absolute atomic E-state index is 0.154. The molecule has 0 saturated heterocycles. The molecule has 1 amide bonds. The first kappa shape index (κ1) is 20.6. The van der Waals surface area contributed by atoms with Crippen molar-refractivity contribution >= 4 is 40.8 Å². The molecule has 1 aromatic heterocycles. The van der Waals surface area contributed by atoms with E-state index in [4.69, 9.17) is 27.9 Å². The largest absolute Gasteiger partial charge is 0.465 e. The molecule has 1 N–H and O–H groups in total. The number of nitrogens with zero attached hydrogens (tertiary/aromatic N) is 1. The van der Waals surface area contributed by atoms with Crippen LogP contribution in [-0.2, 0) is 11.3 Å². The first-order chi connectivity index (χ1) is 13.9. The van der Waals surface area contributed by atoms with Gasteiger partial charge in [-0.2, -0.15) is 0 Å². The van der Waals surface area contributed by atoms with E-state index in [-0.39, 0.29) is 28.4 Å². The highest BCUT2D eigenvalue weighted by Crippen LogP contribution is 2.18. The van der Waals surface area contributed by atoms with E-state index >= 15 is 0 Å². The Morgan fingerprint density at radius 2 is 1.76 bits per heavy atom. The summed E-state index contributed by atoms with van der Waals surface area (Å²) in [5.74, 6) is -1.29. The van der Waals surface area contributed by atoms with Crippen molar-refractivity contribution in [3.05, 3.63) is 97.9 Å². The van der Waals surface area contributed by atoms with Crippen molar-refractivity contribution in [1.29, 1.82) is 0 Å². The molecule has 29 heavy (non-hydrogen) atoms. The number of pyridine rings is 1. The number of ether oxygens (including phenoxy) is 1. The topological polar surface area (TPSA) is 77.4 Å². The smallest absolute Gasteiger partial charge is 0.339 e. The molecule has 0 spiro atoms. The van der Waals surface area contributed by atoms with E-state index in [1.54, 1.807) is 36.4 Å². The van der Waals surface area contributed by atoms with Crippen LogP contribution in [0.5, 0.6) is 0 Å². The first-order valence-electron chi connectivity index (χ1n) is 8.52. The van der Waals surface area contributed by atoms with Gasteiger partial charge in [0.15, 0.2) is 0 Å². The Labute approximate surface area is 176 Å². The van der Waals surface area contributed by atoms with Gasteiger partial charge in [-0.1, -0.05) is 47.5 Å². The van der Waals surface area contributed by atoms with E-state index in [0.29, 0.717) is 5.02 Å². The fraction of sp³-hybridized carbons (Fsp3) is 0.0952. The lowest BCUT2D eigenvalue weighted by Gasteiger charge is -2.12. The van der Waals surface area contributed by atoms with Crippen LogP contribution in [0.15, 0.2) is 65.6 Å². The van der Waals surface area contributed by atoms with Crippen LogP contribution >= 0.6 is 23.2 Å². The van der Waals surface area contributed by atoms with Gasteiger partial charge in [-0.25, -0.2) is 4.79 Å². The molecule has 0 fully saturated rings. The summed E-state index contributed by atoms with van der Waals surface area (Å²) in [7, 11) is 1.24. The van der Waals surface area contributed by atoms with Crippen LogP contribution in [0.3, 0.4) is 0 Å². The summed E-state index contributed by atoms with van der Waals surface area (Å²) in [6.07, 6.45) is 1.45. The van der Waals surface area contributed by atoms with E-state index in [1.165, 1.54) is 30.0 Å². The van der Waals surface area contributed by atoms with E-state index in [1.807, 2.05) is 6.07 Å². The van der Waals surface area contributed by atoms with Gasteiger partial charge in [0.2, 0.25) is 0 Å². The minimum Gasteiger partial charge on any atom is -0.465 e. The van der Waals surface area contributed by atoms with Gasteiger partial charge < -0.3 is 14.6 Å². The summed E-state index contributed by atoms with van der Waals surface area (Å²) in [6.45, 7) is 0.193. The van der Waals surface area contributed by atoms with Crippen molar-refractivity contribution in [2.75, 3.05) is 12.4 Å². The van der Waals surface area contributed by atoms with E-state index in [0.717, 1.165) is 5.56 Å². The molecule has 8 heteroatoms. The van der Waals surface area contributed by atoms with E-state index < -0.39 is 17.4 Å². The maximum Gasteiger partial charge on any atom is 0.339 e. The van der Waals surface area contributed by atoms with E-state index in [9.17, 15) is 14.4 Å². The van der Waals surface area contributed by atoms with Gasteiger partial charge in [0.1, 0.15) is 5.56 Å². The van der Waals surface area contributed by atoms with Gasteiger partial charge in [-0.05, 0) is 35.9 Å². The van der Waals surface area contributed by atoms with Crippen molar-refractivity contribution in [2.24, 2.45) is 0 Å². The fourth-order valence-corrected chi connectivity index (χ4v) is 3.22. The number of esters is 1. The lowest BCUT2D eigenvalue weighted by molar-refractivity contribution is 0.0602. The number of halogens is 2. The van der Waals surface area contributed by atoms with Crippen molar-refractivity contribution in [2.45, 2.75) is 6.54 Å². The average Bonchev–Trinajstić information content (AvgIpc) is 2.70. The Hall–Kier alpha value is -3.09. The van der Waals surface area contributed by atoms with Gasteiger partial charge in [-0.15, -0.1) is 0 Å². The maximum absolute atomic E-state index is 12.8. The zero-order valence-electron chi connectivity index (χ0n) is 15.3. The lowest BCUT2D eigenvalue weighted by Crippen LogP contribution is -2.29. The summed E-state index contributed by atoms with van der Waals surface area (Å²) in [6, 6.07) is 14.7. The number of hydrogen-bond donors (Lipinski definition) is 1. The molecule has 0 aliphatic rings. The molecule has 148 valence electrons. The van der Waals surface area contributed by atoms with Crippen molar-refractivity contribution in [3.63, 3.8) is 0 Å². The summed E-state index contributed by atoms with van der Waals surface area (Å²) >= 11 is 12.1. The Morgan fingerprint density at radius 3 is 2.48 bits per heavy atom. The average molecular weight is 431 g/mol. The minimum atomic E-state index is -0.686. The highest BCUT2D eigenvalue weighted by atomic mass is 35.5. The molecule has 1 heterocycles. The van der Waals surface area contributed by atoms with Crippen LogP contribution in [0, 0.1) is 0 Å². The highest BCUT2D eigenvalue weighted by molar-refractivity contribution is 6.31. The number of nitrogens with one attached hydrogen (secondary N) is 1. The van der Waals surface area contributed by atoms with Gasteiger partial charge in [-0.3, -0.25) is 9.59 Å². The van der Waals surface area contributed by atoms with Crippen LogP contribution in [0.1, 0.15) is 26.3 Å². The highest BCUT2D eigenvalue weighted by Gasteiger charge is 2.18. The molecule has 0 atom stereocenters. The third kappa shape index (κ3) is 4.85. The third-order valence-electron chi connectivity index (χ3n) is 4.12. The maximum atomic E-state index is 12.8.